The number of hydrogen-bond donors (Lipinski definition) is 2. The molecule has 0 atom stereocenters. The molecule has 1 saturated heterocycles. The third-order valence-electron chi connectivity index (χ3n) is 3.86. The molecule has 1 aliphatic heterocycles. The van der Waals surface area contributed by atoms with Crippen LogP contribution in [-0.2, 0) is 6.54 Å². The number of H-pyrrole nitrogens is 1. The maximum Gasteiger partial charge on any atom is 0.0535 e. The van der Waals surface area contributed by atoms with Crippen molar-refractivity contribution in [2.75, 3.05) is 19.6 Å². The standard InChI is InChI=1S/C15H26N4/c1-12(2)4-7-19-8-5-15(6-9-19)16-10-14-11-17-18-13(14)3/h4,11,15-16H,5-10H2,1-3H3,(H,17,18). The van der Waals surface area contributed by atoms with Crippen molar-refractivity contribution in [1.29, 1.82) is 0 Å². The highest BCUT2D eigenvalue weighted by Crippen LogP contribution is 2.12. The Bertz CT molecular complexity index is 410. The van der Waals surface area contributed by atoms with Crippen LogP contribution in [0.2, 0.25) is 0 Å². The molecule has 4 heteroatoms. The third kappa shape index (κ3) is 4.48. The van der Waals surface area contributed by atoms with Crippen LogP contribution in [0.15, 0.2) is 17.8 Å². The van der Waals surface area contributed by atoms with Gasteiger partial charge in [0, 0.05) is 30.4 Å². The quantitative estimate of drug-likeness (QED) is 0.800. The minimum atomic E-state index is 0.650. The van der Waals surface area contributed by atoms with Gasteiger partial charge in [-0.25, -0.2) is 0 Å². The first-order valence-corrected chi connectivity index (χ1v) is 7.23. The van der Waals surface area contributed by atoms with Gasteiger partial charge in [-0.05, 0) is 46.7 Å². The Morgan fingerprint density at radius 1 is 1.47 bits per heavy atom. The normalized spacial score (nSPS) is 17.6. The number of aryl methyl sites for hydroxylation is 1. The number of nitrogens with one attached hydrogen (secondary N) is 2. The maximum absolute atomic E-state index is 4.06. The second-order valence-corrected chi connectivity index (χ2v) is 5.76. The lowest BCUT2D eigenvalue weighted by Crippen LogP contribution is -2.42. The molecule has 19 heavy (non-hydrogen) atoms. The summed E-state index contributed by atoms with van der Waals surface area (Å²) in [5.74, 6) is 0. The van der Waals surface area contributed by atoms with Crippen molar-refractivity contribution >= 4 is 0 Å². The molecule has 0 aliphatic carbocycles. The predicted octanol–water partition coefficient (Wildman–Crippen LogP) is 2.24. The molecule has 0 bridgehead atoms. The number of rotatable bonds is 5. The molecular formula is C15H26N4. The van der Waals surface area contributed by atoms with Gasteiger partial charge in [-0.15, -0.1) is 0 Å². The summed E-state index contributed by atoms with van der Waals surface area (Å²) < 4.78 is 0. The van der Waals surface area contributed by atoms with Crippen LogP contribution < -0.4 is 5.32 Å². The Labute approximate surface area is 116 Å². The molecule has 1 aromatic rings. The number of aromatic amines is 1. The molecule has 0 saturated carbocycles. The highest BCUT2D eigenvalue weighted by atomic mass is 15.1. The zero-order valence-electron chi connectivity index (χ0n) is 12.4. The number of aromatic nitrogens is 2. The summed E-state index contributed by atoms with van der Waals surface area (Å²) in [7, 11) is 0. The van der Waals surface area contributed by atoms with E-state index >= 15 is 0 Å². The van der Waals surface area contributed by atoms with Gasteiger partial charge in [0.25, 0.3) is 0 Å². The van der Waals surface area contributed by atoms with Crippen molar-refractivity contribution in [2.24, 2.45) is 0 Å². The van der Waals surface area contributed by atoms with E-state index in [4.69, 9.17) is 0 Å². The molecule has 2 rings (SSSR count). The number of likely N-dealkylation sites (tertiary alicyclic amines) is 1. The minimum absolute atomic E-state index is 0.650. The average Bonchev–Trinajstić information content (AvgIpc) is 2.81. The second kappa shape index (κ2) is 6.87. The second-order valence-electron chi connectivity index (χ2n) is 5.76. The van der Waals surface area contributed by atoms with Crippen LogP contribution in [0.1, 0.15) is 37.9 Å². The van der Waals surface area contributed by atoms with E-state index in [9.17, 15) is 0 Å². The topological polar surface area (TPSA) is 44.0 Å². The SMILES string of the molecule is CC(C)=CCN1CCC(NCc2cn[nH]c2C)CC1. The summed E-state index contributed by atoms with van der Waals surface area (Å²) in [6.07, 6.45) is 6.73. The van der Waals surface area contributed by atoms with Crippen LogP contribution >= 0.6 is 0 Å². The van der Waals surface area contributed by atoms with E-state index in [0.717, 1.165) is 13.1 Å². The summed E-state index contributed by atoms with van der Waals surface area (Å²) >= 11 is 0. The molecule has 2 heterocycles. The van der Waals surface area contributed by atoms with Crippen molar-refractivity contribution in [3.63, 3.8) is 0 Å². The third-order valence-corrected chi connectivity index (χ3v) is 3.86. The van der Waals surface area contributed by atoms with Gasteiger partial charge in [-0.3, -0.25) is 10.00 Å². The molecule has 0 radical (unpaired) electrons. The molecule has 2 N–H and O–H groups in total. The van der Waals surface area contributed by atoms with E-state index in [0.29, 0.717) is 6.04 Å². The van der Waals surface area contributed by atoms with E-state index in [1.807, 2.05) is 6.20 Å². The Kier molecular flexibility index (Phi) is 5.16. The molecule has 1 aromatic heterocycles. The zero-order chi connectivity index (χ0) is 13.7. The fourth-order valence-electron chi connectivity index (χ4n) is 2.44. The fraction of sp³-hybridized carbons (Fsp3) is 0.667. The van der Waals surface area contributed by atoms with E-state index < -0.39 is 0 Å². The molecule has 0 aromatic carbocycles. The van der Waals surface area contributed by atoms with E-state index in [-0.39, 0.29) is 0 Å². The maximum atomic E-state index is 4.06. The Balaban J connectivity index is 1.69. The van der Waals surface area contributed by atoms with Crippen molar-refractivity contribution < 1.29 is 0 Å². The first-order valence-electron chi connectivity index (χ1n) is 7.23. The van der Waals surface area contributed by atoms with Gasteiger partial charge in [-0.2, -0.15) is 5.10 Å². The monoisotopic (exact) mass is 262 g/mol. The van der Waals surface area contributed by atoms with Gasteiger partial charge in [-0.1, -0.05) is 11.6 Å². The van der Waals surface area contributed by atoms with Crippen LogP contribution in [0.3, 0.4) is 0 Å². The lowest BCUT2D eigenvalue weighted by atomic mass is 10.0. The Hall–Kier alpha value is -1.13. The fourth-order valence-corrected chi connectivity index (χ4v) is 2.44. The van der Waals surface area contributed by atoms with Gasteiger partial charge in [0.2, 0.25) is 0 Å². The van der Waals surface area contributed by atoms with E-state index in [1.165, 1.54) is 42.8 Å². The summed E-state index contributed by atoms with van der Waals surface area (Å²) in [6, 6.07) is 0.650. The van der Waals surface area contributed by atoms with Crippen molar-refractivity contribution in [2.45, 2.75) is 46.2 Å². The lowest BCUT2D eigenvalue weighted by Gasteiger charge is -2.31. The number of piperidine rings is 1. The first kappa shape index (κ1) is 14.3. The average molecular weight is 262 g/mol. The molecule has 106 valence electrons. The summed E-state index contributed by atoms with van der Waals surface area (Å²) in [4.78, 5) is 2.54. The van der Waals surface area contributed by atoms with Crippen LogP contribution in [-0.4, -0.2) is 40.8 Å². The number of hydrogen-bond acceptors (Lipinski definition) is 3. The van der Waals surface area contributed by atoms with Crippen molar-refractivity contribution in [3.05, 3.63) is 29.1 Å². The number of allylic oxidation sites excluding steroid dienone is 1. The van der Waals surface area contributed by atoms with Crippen molar-refractivity contribution in [3.8, 4) is 0 Å². The number of nitrogens with zero attached hydrogens (tertiary/aromatic N) is 2. The molecule has 1 fully saturated rings. The molecule has 0 amide bonds. The van der Waals surface area contributed by atoms with E-state index in [1.54, 1.807) is 0 Å². The first-order chi connectivity index (χ1) is 9.15. The summed E-state index contributed by atoms with van der Waals surface area (Å²) in [5.41, 5.74) is 3.87. The van der Waals surface area contributed by atoms with Crippen LogP contribution in [0.5, 0.6) is 0 Å². The molecule has 0 spiro atoms. The zero-order valence-corrected chi connectivity index (χ0v) is 12.4. The van der Waals surface area contributed by atoms with Gasteiger partial charge >= 0.3 is 0 Å². The predicted molar refractivity (Wildman–Crippen MR) is 79.1 cm³/mol. The summed E-state index contributed by atoms with van der Waals surface area (Å²) in [6.45, 7) is 10.9. The molecule has 1 aliphatic rings. The minimum Gasteiger partial charge on any atom is -0.310 e. The molecular weight excluding hydrogens is 236 g/mol. The smallest absolute Gasteiger partial charge is 0.0535 e. The van der Waals surface area contributed by atoms with Gasteiger partial charge in [0.15, 0.2) is 0 Å². The largest absolute Gasteiger partial charge is 0.310 e. The highest BCUT2D eigenvalue weighted by molar-refractivity contribution is 5.13. The Morgan fingerprint density at radius 3 is 2.79 bits per heavy atom. The van der Waals surface area contributed by atoms with Crippen molar-refractivity contribution in [1.82, 2.24) is 20.4 Å². The molecule has 0 unspecified atom stereocenters. The highest BCUT2D eigenvalue weighted by Gasteiger charge is 2.18. The van der Waals surface area contributed by atoms with Crippen LogP contribution in [0.25, 0.3) is 0 Å². The van der Waals surface area contributed by atoms with Crippen LogP contribution in [0, 0.1) is 6.92 Å². The molecule has 4 nitrogen and oxygen atoms in total. The lowest BCUT2D eigenvalue weighted by molar-refractivity contribution is 0.214. The van der Waals surface area contributed by atoms with Gasteiger partial charge < -0.3 is 5.32 Å². The Morgan fingerprint density at radius 2 is 2.21 bits per heavy atom. The van der Waals surface area contributed by atoms with E-state index in [2.05, 4.69) is 47.3 Å². The summed E-state index contributed by atoms with van der Waals surface area (Å²) in [5, 5.41) is 10.7. The van der Waals surface area contributed by atoms with Gasteiger partial charge in [0.05, 0.1) is 6.20 Å². The van der Waals surface area contributed by atoms with Crippen LogP contribution in [0.4, 0.5) is 0 Å². The van der Waals surface area contributed by atoms with Gasteiger partial charge in [0.1, 0.15) is 0 Å².